The minimum absolute atomic E-state index is 0.00907. The van der Waals surface area contributed by atoms with Crippen molar-refractivity contribution in [2.24, 2.45) is 17.8 Å². The highest BCUT2D eigenvalue weighted by Gasteiger charge is 2.38. The van der Waals surface area contributed by atoms with E-state index in [0.717, 1.165) is 36.7 Å². The van der Waals surface area contributed by atoms with Gasteiger partial charge in [0, 0.05) is 35.9 Å². The molecule has 1 aromatic carbocycles. The summed E-state index contributed by atoms with van der Waals surface area (Å²) in [6, 6.07) is 5.06. The van der Waals surface area contributed by atoms with Crippen molar-refractivity contribution in [3.05, 3.63) is 35.8 Å². The normalized spacial score (nSPS) is 22.4. The third kappa shape index (κ3) is 6.38. The average molecular weight is 517 g/mol. The largest absolute Gasteiger partial charge is 0.497 e. The summed E-state index contributed by atoms with van der Waals surface area (Å²) in [6.45, 7) is 4.17. The number of rotatable bonds is 10. The number of carbonyl (C=O) groups is 2. The lowest BCUT2D eigenvalue weighted by Crippen LogP contribution is -2.46. The number of methoxy groups -OCH3 is 1. The fourth-order valence-electron chi connectivity index (χ4n) is 5.87. The Morgan fingerprint density at radius 3 is 2.75 bits per heavy atom. The van der Waals surface area contributed by atoms with Gasteiger partial charge in [0.15, 0.2) is 11.6 Å². The van der Waals surface area contributed by atoms with Gasteiger partial charge in [-0.1, -0.05) is 26.2 Å². The summed E-state index contributed by atoms with van der Waals surface area (Å²) >= 11 is 2.04. The van der Waals surface area contributed by atoms with Gasteiger partial charge >= 0.3 is 5.97 Å². The van der Waals surface area contributed by atoms with E-state index in [2.05, 4.69) is 9.88 Å². The number of hydrogen-bond acceptors (Lipinski definition) is 6. The van der Waals surface area contributed by atoms with E-state index in [-0.39, 0.29) is 29.6 Å². The second-order valence-electron chi connectivity index (χ2n) is 10.3. The molecule has 2 fully saturated rings. The lowest BCUT2D eigenvalue weighted by atomic mass is 9.75. The van der Waals surface area contributed by atoms with E-state index in [9.17, 15) is 19.1 Å². The molecule has 2 aliphatic rings. The number of halogens is 1. The summed E-state index contributed by atoms with van der Waals surface area (Å²) in [5.74, 6) is -1.06. The molecule has 1 saturated heterocycles. The summed E-state index contributed by atoms with van der Waals surface area (Å²) in [7, 11) is 1.52. The standard InChI is InChI=1S/C28H37FN2O4S/c1-18(14-26(32)27-22-15-19(35-2)8-9-25(22)30-16-24(27)29)21-10-11-31(17-23(21)28(33)34)12-13-36-20-6-4-3-5-7-20/h8-9,15-16,18,20-21,23H,3-7,10-14,17H2,1-2H3,(H,33,34)/t18?,21-,23+/m1/s1. The molecule has 196 valence electrons. The lowest BCUT2D eigenvalue weighted by molar-refractivity contribution is -0.147. The molecular weight excluding hydrogens is 479 g/mol. The topological polar surface area (TPSA) is 79.7 Å². The molecular formula is C28H37FN2O4S. The summed E-state index contributed by atoms with van der Waals surface area (Å²) in [5, 5.41) is 11.2. The molecule has 2 heterocycles. The molecule has 1 unspecified atom stereocenters. The van der Waals surface area contributed by atoms with Crippen LogP contribution in [0.15, 0.2) is 24.4 Å². The van der Waals surface area contributed by atoms with Gasteiger partial charge in [-0.2, -0.15) is 11.8 Å². The van der Waals surface area contributed by atoms with E-state index in [1.165, 1.54) is 39.2 Å². The van der Waals surface area contributed by atoms with Crippen molar-refractivity contribution < 1.29 is 23.8 Å². The van der Waals surface area contributed by atoms with E-state index in [1.54, 1.807) is 18.2 Å². The maximum Gasteiger partial charge on any atom is 0.308 e. The minimum Gasteiger partial charge on any atom is -0.497 e. The van der Waals surface area contributed by atoms with Crippen molar-refractivity contribution in [3.63, 3.8) is 0 Å². The number of benzene rings is 1. The van der Waals surface area contributed by atoms with E-state index in [0.29, 0.717) is 23.2 Å². The van der Waals surface area contributed by atoms with Gasteiger partial charge in [0.1, 0.15) is 5.75 Å². The summed E-state index contributed by atoms with van der Waals surface area (Å²) in [4.78, 5) is 31.9. The highest BCUT2D eigenvalue weighted by molar-refractivity contribution is 7.99. The maximum atomic E-state index is 14.8. The second-order valence-corrected chi connectivity index (χ2v) is 11.7. The van der Waals surface area contributed by atoms with Crippen LogP contribution in [0.3, 0.4) is 0 Å². The lowest BCUT2D eigenvalue weighted by Gasteiger charge is -2.39. The van der Waals surface area contributed by atoms with Crippen LogP contribution >= 0.6 is 11.8 Å². The molecule has 6 nitrogen and oxygen atoms in total. The molecule has 4 rings (SSSR count). The van der Waals surface area contributed by atoms with E-state index < -0.39 is 17.7 Å². The number of aromatic nitrogens is 1. The Hall–Kier alpha value is -2.19. The van der Waals surface area contributed by atoms with Crippen molar-refractivity contribution >= 4 is 34.4 Å². The number of Topliss-reactive ketones (excluding diaryl/α,β-unsaturated/α-hetero) is 1. The highest BCUT2D eigenvalue weighted by atomic mass is 32.2. The Morgan fingerprint density at radius 2 is 2.03 bits per heavy atom. The molecule has 0 bridgehead atoms. The first kappa shape index (κ1) is 26.9. The number of pyridine rings is 1. The second kappa shape index (κ2) is 12.4. The fraction of sp³-hybridized carbons (Fsp3) is 0.607. The van der Waals surface area contributed by atoms with Crippen LogP contribution in [0.4, 0.5) is 4.39 Å². The summed E-state index contributed by atoms with van der Waals surface area (Å²) in [5.41, 5.74) is 0.533. The number of ketones is 1. The molecule has 1 aromatic heterocycles. The van der Waals surface area contributed by atoms with Crippen molar-refractivity contribution in [3.8, 4) is 5.75 Å². The van der Waals surface area contributed by atoms with E-state index in [1.807, 2.05) is 18.7 Å². The van der Waals surface area contributed by atoms with Gasteiger partial charge < -0.3 is 14.7 Å². The van der Waals surface area contributed by atoms with E-state index in [4.69, 9.17) is 4.74 Å². The van der Waals surface area contributed by atoms with Crippen LogP contribution in [-0.2, 0) is 4.79 Å². The predicted octanol–water partition coefficient (Wildman–Crippen LogP) is 5.68. The Kier molecular flexibility index (Phi) is 9.23. The monoisotopic (exact) mass is 516 g/mol. The van der Waals surface area contributed by atoms with Gasteiger partial charge in [-0.3, -0.25) is 14.6 Å². The first-order valence-electron chi connectivity index (χ1n) is 13.1. The predicted molar refractivity (Wildman–Crippen MR) is 141 cm³/mol. The maximum absolute atomic E-state index is 14.8. The number of thioether (sulfide) groups is 1. The molecule has 1 aliphatic carbocycles. The molecule has 1 N–H and O–H groups in total. The molecule has 2 aromatic rings. The smallest absolute Gasteiger partial charge is 0.308 e. The number of carbonyl (C=O) groups excluding carboxylic acids is 1. The SMILES string of the molecule is COc1ccc2ncc(F)c(C(=O)CC(C)[C@H]3CCN(CCSC4CCCCC4)C[C@@H]3C(=O)O)c2c1. The number of fused-ring (bicyclic) bond motifs is 1. The van der Waals surface area contributed by atoms with Crippen LogP contribution in [-0.4, -0.2) is 64.5 Å². The van der Waals surface area contributed by atoms with Crippen LogP contribution in [0.25, 0.3) is 10.9 Å². The molecule has 1 saturated carbocycles. The zero-order chi connectivity index (χ0) is 25.7. The quantitative estimate of drug-likeness (QED) is 0.407. The number of carboxylic acids is 1. The van der Waals surface area contributed by atoms with Gasteiger partial charge in [-0.15, -0.1) is 0 Å². The fourth-order valence-corrected chi connectivity index (χ4v) is 7.23. The van der Waals surface area contributed by atoms with Crippen LogP contribution in [0.1, 0.15) is 62.2 Å². The summed E-state index contributed by atoms with van der Waals surface area (Å²) < 4.78 is 20.0. The highest BCUT2D eigenvalue weighted by Crippen LogP contribution is 2.35. The van der Waals surface area contributed by atoms with Crippen molar-refractivity contribution in [1.82, 2.24) is 9.88 Å². The number of carboxylic acid groups (broad SMARTS) is 1. The Balaban J connectivity index is 1.39. The number of nitrogens with zero attached hydrogens (tertiary/aromatic N) is 2. The number of hydrogen-bond donors (Lipinski definition) is 1. The Bertz CT molecular complexity index is 1070. The third-order valence-corrected chi connectivity index (χ3v) is 9.29. The molecule has 3 atom stereocenters. The van der Waals surface area contributed by atoms with E-state index >= 15 is 0 Å². The first-order chi connectivity index (χ1) is 17.4. The Morgan fingerprint density at radius 1 is 1.25 bits per heavy atom. The van der Waals surface area contributed by atoms with Gasteiger partial charge in [-0.05, 0) is 55.8 Å². The van der Waals surface area contributed by atoms with Gasteiger partial charge in [0.2, 0.25) is 0 Å². The minimum atomic E-state index is -0.811. The third-order valence-electron chi connectivity index (χ3n) is 7.93. The summed E-state index contributed by atoms with van der Waals surface area (Å²) in [6.07, 6.45) is 8.51. The van der Waals surface area contributed by atoms with Crippen molar-refractivity contribution in [1.29, 1.82) is 0 Å². The molecule has 0 radical (unpaired) electrons. The van der Waals surface area contributed by atoms with Crippen LogP contribution in [0, 0.1) is 23.6 Å². The molecule has 1 aliphatic heterocycles. The van der Waals surface area contributed by atoms with Crippen LogP contribution < -0.4 is 4.74 Å². The number of piperidine rings is 1. The van der Waals surface area contributed by atoms with Crippen molar-refractivity contribution in [2.75, 3.05) is 32.5 Å². The van der Waals surface area contributed by atoms with Gasteiger partial charge in [0.25, 0.3) is 0 Å². The van der Waals surface area contributed by atoms with Crippen LogP contribution in [0.2, 0.25) is 0 Å². The molecule has 8 heteroatoms. The number of ether oxygens (including phenoxy) is 1. The molecule has 36 heavy (non-hydrogen) atoms. The first-order valence-corrected chi connectivity index (χ1v) is 14.1. The molecule has 0 amide bonds. The average Bonchev–Trinajstić information content (AvgIpc) is 2.88. The number of aliphatic carboxylic acids is 1. The van der Waals surface area contributed by atoms with Crippen molar-refractivity contribution in [2.45, 2.75) is 57.1 Å². The zero-order valence-corrected chi connectivity index (χ0v) is 22.1. The zero-order valence-electron chi connectivity index (χ0n) is 21.2. The van der Waals surface area contributed by atoms with Crippen LogP contribution in [0.5, 0.6) is 5.75 Å². The Labute approximate surface area is 217 Å². The van der Waals surface area contributed by atoms with Gasteiger partial charge in [-0.25, -0.2) is 4.39 Å². The molecule has 0 spiro atoms. The van der Waals surface area contributed by atoms with Gasteiger partial charge in [0.05, 0.1) is 30.3 Å². The number of likely N-dealkylation sites (tertiary alicyclic amines) is 1.